The van der Waals surface area contributed by atoms with Gasteiger partial charge in [-0.25, -0.2) is 4.79 Å². The van der Waals surface area contributed by atoms with Gasteiger partial charge in [0.15, 0.2) is 11.5 Å². The van der Waals surface area contributed by atoms with Crippen molar-refractivity contribution in [2.75, 3.05) is 0 Å². The highest BCUT2D eigenvalue weighted by atomic mass is 16.5. The van der Waals surface area contributed by atoms with Crippen molar-refractivity contribution in [3.63, 3.8) is 0 Å². The second kappa shape index (κ2) is 3.87. The van der Waals surface area contributed by atoms with E-state index in [0.717, 1.165) is 17.5 Å². The molecule has 18 heavy (non-hydrogen) atoms. The summed E-state index contributed by atoms with van der Waals surface area (Å²) in [7, 11) is 0. The molecule has 0 unspecified atom stereocenters. The number of aryl methyl sites for hydroxylation is 1. The molecule has 1 N–H and O–H groups in total. The Labute approximate surface area is 103 Å². The maximum absolute atomic E-state index is 11.0. The van der Waals surface area contributed by atoms with Gasteiger partial charge in [0.25, 0.3) is 0 Å². The lowest BCUT2D eigenvalue weighted by Crippen LogP contribution is -2.09. The molecule has 0 spiro atoms. The summed E-state index contributed by atoms with van der Waals surface area (Å²) in [6.07, 6.45) is 0.891. The van der Waals surface area contributed by atoms with Gasteiger partial charge in [0.2, 0.25) is 0 Å². The van der Waals surface area contributed by atoms with E-state index in [1.807, 2.05) is 18.2 Å². The van der Waals surface area contributed by atoms with Crippen LogP contribution in [-0.4, -0.2) is 16.2 Å². The smallest absolute Gasteiger partial charge is 0.358 e. The average molecular weight is 245 g/mol. The quantitative estimate of drug-likeness (QED) is 0.879. The van der Waals surface area contributed by atoms with Crippen LogP contribution in [0.5, 0.6) is 5.75 Å². The van der Waals surface area contributed by atoms with Gasteiger partial charge in [-0.3, -0.25) is 0 Å². The average Bonchev–Trinajstić information content (AvgIpc) is 2.82. The van der Waals surface area contributed by atoms with Crippen molar-refractivity contribution in [2.24, 2.45) is 0 Å². The van der Waals surface area contributed by atoms with Crippen LogP contribution in [0.25, 0.3) is 11.3 Å². The largest absolute Gasteiger partial charge is 0.488 e. The van der Waals surface area contributed by atoms with Crippen LogP contribution < -0.4 is 4.74 Å². The molecule has 0 saturated carbocycles. The summed E-state index contributed by atoms with van der Waals surface area (Å²) in [5.41, 5.74) is 2.34. The first kappa shape index (κ1) is 10.8. The van der Waals surface area contributed by atoms with Crippen molar-refractivity contribution >= 4 is 5.97 Å². The zero-order valence-electron chi connectivity index (χ0n) is 9.77. The van der Waals surface area contributed by atoms with E-state index >= 15 is 0 Å². The van der Waals surface area contributed by atoms with Gasteiger partial charge in [0.05, 0.1) is 11.1 Å². The minimum atomic E-state index is -1.10. The molecule has 3 rings (SSSR count). The van der Waals surface area contributed by atoms with Crippen LogP contribution in [0.3, 0.4) is 0 Å². The summed E-state index contributed by atoms with van der Waals surface area (Å²) in [5, 5.41) is 12.6. The third-order valence-electron chi connectivity index (χ3n) is 3.06. The van der Waals surface area contributed by atoms with Gasteiger partial charge in [-0.2, -0.15) is 0 Å². The number of aromatic carboxylic acids is 1. The minimum Gasteiger partial charge on any atom is -0.488 e. The van der Waals surface area contributed by atoms with Gasteiger partial charge in [-0.15, -0.1) is 0 Å². The number of carbonyl (C=O) groups is 1. The molecule has 1 aliphatic heterocycles. The van der Waals surface area contributed by atoms with Crippen LogP contribution >= 0.6 is 0 Å². The SMILES string of the molecule is CCc1ccc2c(c1)-c1onc(C(=O)O)c1CO2. The van der Waals surface area contributed by atoms with Crippen LogP contribution in [0.15, 0.2) is 22.7 Å². The predicted octanol–water partition coefficient (Wildman–Crippen LogP) is 2.49. The van der Waals surface area contributed by atoms with Gasteiger partial charge in [0.1, 0.15) is 12.4 Å². The van der Waals surface area contributed by atoms with Gasteiger partial charge in [-0.05, 0) is 24.1 Å². The number of aromatic nitrogens is 1. The van der Waals surface area contributed by atoms with Gasteiger partial charge >= 0.3 is 5.97 Å². The standard InChI is InChI=1S/C13H11NO4/c1-2-7-3-4-10-8(5-7)12-9(6-17-10)11(13(15)16)14-18-12/h3-5H,2,6H2,1H3,(H,15,16). The lowest BCUT2D eigenvalue weighted by atomic mass is 10.0. The number of nitrogens with zero attached hydrogens (tertiary/aromatic N) is 1. The molecular weight excluding hydrogens is 234 g/mol. The molecule has 0 atom stereocenters. The molecule has 0 aliphatic carbocycles. The Morgan fingerprint density at radius 1 is 1.50 bits per heavy atom. The summed E-state index contributed by atoms with van der Waals surface area (Å²) in [6.45, 7) is 2.23. The summed E-state index contributed by atoms with van der Waals surface area (Å²) < 4.78 is 10.7. The first-order valence-corrected chi connectivity index (χ1v) is 5.68. The van der Waals surface area contributed by atoms with Crippen molar-refractivity contribution in [1.29, 1.82) is 0 Å². The molecular formula is C13H11NO4. The number of carboxylic acid groups (broad SMARTS) is 1. The molecule has 2 aromatic rings. The highest BCUT2D eigenvalue weighted by molar-refractivity contribution is 5.90. The Balaban J connectivity index is 2.19. The molecule has 2 heterocycles. The second-order valence-corrected chi connectivity index (χ2v) is 4.12. The normalized spacial score (nSPS) is 12.5. The number of ether oxygens (including phenoxy) is 1. The molecule has 0 radical (unpaired) electrons. The first-order valence-electron chi connectivity index (χ1n) is 5.68. The van der Waals surface area contributed by atoms with E-state index < -0.39 is 5.97 Å². The number of benzene rings is 1. The van der Waals surface area contributed by atoms with Crippen molar-refractivity contribution < 1.29 is 19.2 Å². The Morgan fingerprint density at radius 2 is 2.33 bits per heavy atom. The van der Waals surface area contributed by atoms with Crippen LogP contribution in [-0.2, 0) is 13.0 Å². The lowest BCUT2D eigenvalue weighted by molar-refractivity contribution is 0.0683. The molecule has 1 aromatic heterocycles. The maximum atomic E-state index is 11.0. The Hall–Kier alpha value is -2.30. The number of carboxylic acids is 1. The fraction of sp³-hybridized carbons (Fsp3) is 0.231. The summed E-state index contributed by atoms with van der Waals surface area (Å²) in [5.74, 6) is 0.107. The number of fused-ring (bicyclic) bond motifs is 3. The Bertz CT molecular complexity index is 630. The molecule has 5 nitrogen and oxygen atoms in total. The van der Waals surface area contributed by atoms with E-state index in [9.17, 15) is 4.79 Å². The van der Waals surface area contributed by atoms with E-state index in [2.05, 4.69) is 12.1 Å². The molecule has 0 saturated heterocycles. The number of rotatable bonds is 2. The molecule has 1 aromatic carbocycles. The molecule has 1 aliphatic rings. The first-order chi connectivity index (χ1) is 8.70. The van der Waals surface area contributed by atoms with Crippen LogP contribution in [0.4, 0.5) is 0 Å². The predicted molar refractivity (Wildman–Crippen MR) is 62.6 cm³/mol. The number of hydrogen-bond acceptors (Lipinski definition) is 4. The monoisotopic (exact) mass is 245 g/mol. The maximum Gasteiger partial charge on any atom is 0.358 e. The third-order valence-corrected chi connectivity index (χ3v) is 3.06. The Kier molecular flexibility index (Phi) is 2.33. The van der Waals surface area contributed by atoms with E-state index in [1.165, 1.54) is 0 Å². The molecule has 0 bridgehead atoms. The van der Waals surface area contributed by atoms with Gasteiger partial charge in [0, 0.05) is 0 Å². The third kappa shape index (κ3) is 1.48. The van der Waals surface area contributed by atoms with E-state index in [0.29, 0.717) is 17.1 Å². The van der Waals surface area contributed by atoms with Crippen molar-refractivity contribution in [2.45, 2.75) is 20.0 Å². The topological polar surface area (TPSA) is 72.6 Å². The van der Waals surface area contributed by atoms with E-state index in [4.69, 9.17) is 14.4 Å². The minimum absolute atomic E-state index is 0.0717. The van der Waals surface area contributed by atoms with Crippen LogP contribution in [0.2, 0.25) is 0 Å². The summed E-state index contributed by atoms with van der Waals surface area (Å²) in [4.78, 5) is 11.0. The zero-order chi connectivity index (χ0) is 12.7. The highest BCUT2D eigenvalue weighted by Crippen LogP contribution is 2.39. The van der Waals surface area contributed by atoms with E-state index in [1.54, 1.807) is 0 Å². The van der Waals surface area contributed by atoms with Gasteiger partial charge < -0.3 is 14.4 Å². The molecule has 5 heteroatoms. The van der Waals surface area contributed by atoms with Crippen molar-refractivity contribution in [1.82, 2.24) is 5.16 Å². The van der Waals surface area contributed by atoms with Crippen LogP contribution in [0.1, 0.15) is 28.5 Å². The molecule has 92 valence electrons. The fourth-order valence-electron chi connectivity index (χ4n) is 2.07. The number of hydrogen-bond donors (Lipinski definition) is 1. The van der Waals surface area contributed by atoms with Crippen molar-refractivity contribution in [3.8, 4) is 17.1 Å². The Morgan fingerprint density at radius 3 is 3.06 bits per heavy atom. The van der Waals surface area contributed by atoms with Gasteiger partial charge in [-0.1, -0.05) is 18.1 Å². The lowest BCUT2D eigenvalue weighted by Gasteiger charge is -2.16. The fourth-order valence-corrected chi connectivity index (χ4v) is 2.07. The zero-order valence-corrected chi connectivity index (χ0v) is 9.77. The highest BCUT2D eigenvalue weighted by Gasteiger charge is 2.28. The molecule has 0 amide bonds. The molecule has 0 fully saturated rings. The van der Waals surface area contributed by atoms with Crippen molar-refractivity contribution in [3.05, 3.63) is 35.0 Å². The second-order valence-electron chi connectivity index (χ2n) is 4.12. The van der Waals surface area contributed by atoms with E-state index in [-0.39, 0.29) is 12.3 Å². The summed E-state index contributed by atoms with van der Waals surface area (Å²) in [6, 6.07) is 5.81. The summed E-state index contributed by atoms with van der Waals surface area (Å²) >= 11 is 0. The van der Waals surface area contributed by atoms with Crippen LogP contribution in [0, 0.1) is 0 Å².